The summed E-state index contributed by atoms with van der Waals surface area (Å²) in [7, 11) is -3.79. The second kappa shape index (κ2) is 6.26. The summed E-state index contributed by atoms with van der Waals surface area (Å²) >= 11 is 0. The van der Waals surface area contributed by atoms with Crippen LogP contribution < -0.4 is 10.3 Å². The molecule has 1 aromatic heterocycles. The van der Waals surface area contributed by atoms with Gasteiger partial charge in [-0.1, -0.05) is 24.3 Å². The van der Waals surface area contributed by atoms with Crippen molar-refractivity contribution in [2.75, 3.05) is 0 Å². The average molecular weight is 346 g/mol. The number of fused-ring (bicyclic) bond motifs is 1. The van der Waals surface area contributed by atoms with Gasteiger partial charge in [0, 0.05) is 0 Å². The third kappa shape index (κ3) is 3.27. The van der Waals surface area contributed by atoms with Crippen molar-refractivity contribution < 1.29 is 17.6 Å². The standard InChI is InChI=1S/C17H18N2O4S/c1-11-9-16(12(2)23-11)17(20)18-19-24(21,22)15-8-7-13-5-3-4-6-14(13)10-15/h3-6,9-10,19H,7-8H2,1-2H3,(H,18,20). The molecule has 7 heteroatoms. The summed E-state index contributed by atoms with van der Waals surface area (Å²) in [6.07, 6.45) is 2.68. The lowest BCUT2D eigenvalue weighted by molar-refractivity contribution is 0.0943. The van der Waals surface area contributed by atoms with Crippen molar-refractivity contribution in [3.8, 4) is 0 Å². The van der Waals surface area contributed by atoms with Gasteiger partial charge >= 0.3 is 0 Å². The first-order chi connectivity index (χ1) is 11.4. The first kappa shape index (κ1) is 16.5. The van der Waals surface area contributed by atoms with Crippen molar-refractivity contribution in [2.45, 2.75) is 26.7 Å². The highest BCUT2D eigenvalue weighted by Gasteiger charge is 2.23. The van der Waals surface area contributed by atoms with Crippen LogP contribution in [0.2, 0.25) is 0 Å². The summed E-state index contributed by atoms with van der Waals surface area (Å²) < 4.78 is 30.1. The molecule has 1 amide bonds. The molecule has 0 unspecified atom stereocenters. The highest BCUT2D eigenvalue weighted by Crippen LogP contribution is 2.26. The van der Waals surface area contributed by atoms with Crippen LogP contribution in [0.3, 0.4) is 0 Å². The first-order valence-electron chi connectivity index (χ1n) is 7.54. The van der Waals surface area contributed by atoms with Gasteiger partial charge in [-0.3, -0.25) is 10.2 Å². The molecule has 126 valence electrons. The minimum absolute atomic E-state index is 0.251. The van der Waals surface area contributed by atoms with E-state index in [0.29, 0.717) is 29.9 Å². The molecule has 6 nitrogen and oxygen atoms in total. The average Bonchev–Trinajstić information content (AvgIpc) is 2.90. The van der Waals surface area contributed by atoms with Crippen LogP contribution in [0.1, 0.15) is 39.4 Å². The van der Waals surface area contributed by atoms with Crippen molar-refractivity contribution in [1.29, 1.82) is 0 Å². The number of benzene rings is 1. The molecule has 0 atom stereocenters. The topological polar surface area (TPSA) is 88.4 Å². The Hall–Kier alpha value is -2.38. The Kier molecular flexibility index (Phi) is 4.29. The summed E-state index contributed by atoms with van der Waals surface area (Å²) in [4.78, 5) is 14.5. The number of carbonyl (C=O) groups excluding carboxylic acids is 1. The van der Waals surface area contributed by atoms with E-state index < -0.39 is 15.9 Å². The van der Waals surface area contributed by atoms with Crippen LogP contribution in [-0.2, 0) is 16.4 Å². The summed E-state index contributed by atoms with van der Waals surface area (Å²) in [6.45, 7) is 3.37. The number of furan rings is 1. The van der Waals surface area contributed by atoms with Gasteiger partial charge in [0.2, 0.25) is 0 Å². The molecule has 1 heterocycles. The number of hydrogen-bond donors (Lipinski definition) is 2. The van der Waals surface area contributed by atoms with Crippen molar-refractivity contribution in [1.82, 2.24) is 10.3 Å². The molecule has 0 fully saturated rings. The fourth-order valence-corrected chi connectivity index (χ4v) is 3.73. The second-order valence-corrected chi connectivity index (χ2v) is 7.43. The molecule has 0 bridgehead atoms. The maximum atomic E-state index is 12.4. The largest absolute Gasteiger partial charge is 0.466 e. The summed E-state index contributed by atoms with van der Waals surface area (Å²) in [5.41, 5.74) is 4.54. The van der Waals surface area contributed by atoms with E-state index in [4.69, 9.17) is 4.42 Å². The van der Waals surface area contributed by atoms with E-state index in [2.05, 4.69) is 10.3 Å². The molecule has 0 saturated carbocycles. The van der Waals surface area contributed by atoms with Crippen LogP contribution in [-0.4, -0.2) is 14.3 Å². The molecule has 1 aliphatic carbocycles. The number of aryl methyl sites for hydroxylation is 3. The molecule has 2 aromatic rings. The third-order valence-electron chi connectivity index (χ3n) is 3.94. The monoisotopic (exact) mass is 346 g/mol. The van der Waals surface area contributed by atoms with Gasteiger partial charge in [-0.15, -0.1) is 4.83 Å². The molecule has 1 aliphatic rings. The van der Waals surface area contributed by atoms with Crippen LogP contribution in [0.25, 0.3) is 6.08 Å². The lowest BCUT2D eigenvalue weighted by Gasteiger charge is -2.17. The number of hydrogen-bond acceptors (Lipinski definition) is 4. The Morgan fingerprint density at radius 1 is 1.17 bits per heavy atom. The zero-order valence-electron chi connectivity index (χ0n) is 13.4. The smallest absolute Gasteiger partial charge is 0.269 e. The zero-order valence-corrected chi connectivity index (χ0v) is 14.2. The Morgan fingerprint density at radius 3 is 2.62 bits per heavy atom. The number of carbonyl (C=O) groups is 1. The first-order valence-corrected chi connectivity index (χ1v) is 9.03. The fraction of sp³-hybridized carbons (Fsp3) is 0.235. The van der Waals surface area contributed by atoms with E-state index in [1.807, 2.05) is 24.3 Å². The maximum Gasteiger partial charge on any atom is 0.269 e. The molecule has 2 N–H and O–H groups in total. The number of hydrazine groups is 1. The van der Waals surface area contributed by atoms with Crippen LogP contribution in [0.15, 0.2) is 39.7 Å². The van der Waals surface area contributed by atoms with Gasteiger partial charge in [-0.05, 0) is 50.0 Å². The van der Waals surface area contributed by atoms with Crippen LogP contribution in [0.5, 0.6) is 0 Å². The van der Waals surface area contributed by atoms with Gasteiger partial charge in [0.05, 0.1) is 10.5 Å². The number of sulfonamides is 1. The predicted molar refractivity (Wildman–Crippen MR) is 90.4 cm³/mol. The van der Waals surface area contributed by atoms with Crippen LogP contribution >= 0.6 is 0 Å². The van der Waals surface area contributed by atoms with Crippen molar-refractivity contribution in [3.63, 3.8) is 0 Å². The van der Waals surface area contributed by atoms with E-state index in [0.717, 1.165) is 11.1 Å². The summed E-state index contributed by atoms with van der Waals surface area (Å²) in [6, 6.07) is 9.22. The Bertz CT molecular complexity index is 926. The number of allylic oxidation sites excluding steroid dienone is 1. The zero-order chi connectivity index (χ0) is 17.3. The Balaban J connectivity index is 1.74. The lowest BCUT2D eigenvalue weighted by Crippen LogP contribution is -2.42. The van der Waals surface area contributed by atoms with E-state index in [-0.39, 0.29) is 4.91 Å². The van der Waals surface area contributed by atoms with Crippen molar-refractivity contribution in [2.24, 2.45) is 0 Å². The minimum atomic E-state index is -3.79. The SMILES string of the molecule is Cc1cc(C(=O)NNS(=O)(=O)C2=Cc3ccccc3CC2)c(C)o1. The highest BCUT2D eigenvalue weighted by molar-refractivity contribution is 7.93. The number of nitrogens with one attached hydrogen (secondary N) is 2. The highest BCUT2D eigenvalue weighted by atomic mass is 32.2. The van der Waals surface area contributed by atoms with E-state index in [1.165, 1.54) is 0 Å². The van der Waals surface area contributed by atoms with Crippen LogP contribution in [0, 0.1) is 13.8 Å². The molecule has 0 spiro atoms. The van der Waals surface area contributed by atoms with Gasteiger partial charge in [-0.2, -0.15) is 0 Å². The van der Waals surface area contributed by atoms with Gasteiger partial charge in [0.1, 0.15) is 11.5 Å². The van der Waals surface area contributed by atoms with E-state index >= 15 is 0 Å². The van der Waals surface area contributed by atoms with Crippen molar-refractivity contribution >= 4 is 22.0 Å². The minimum Gasteiger partial charge on any atom is -0.466 e. The van der Waals surface area contributed by atoms with Crippen molar-refractivity contribution in [3.05, 3.63) is 63.4 Å². The lowest BCUT2D eigenvalue weighted by atomic mass is 9.98. The normalized spacial score (nSPS) is 14.0. The van der Waals surface area contributed by atoms with Crippen LogP contribution in [0.4, 0.5) is 0 Å². The molecule has 0 radical (unpaired) electrons. The maximum absolute atomic E-state index is 12.4. The second-order valence-electron chi connectivity index (χ2n) is 5.70. The van der Waals surface area contributed by atoms with Gasteiger partial charge in [-0.25, -0.2) is 8.42 Å². The summed E-state index contributed by atoms with van der Waals surface area (Å²) in [5, 5.41) is 0. The Morgan fingerprint density at radius 2 is 1.92 bits per heavy atom. The molecule has 3 rings (SSSR count). The Labute approximate surface area is 140 Å². The van der Waals surface area contributed by atoms with Gasteiger partial charge in [0.15, 0.2) is 0 Å². The fourth-order valence-electron chi connectivity index (χ4n) is 2.72. The van der Waals surface area contributed by atoms with E-state index in [1.54, 1.807) is 26.0 Å². The molecular weight excluding hydrogens is 328 g/mol. The summed E-state index contributed by atoms with van der Waals surface area (Å²) in [5.74, 6) is 0.479. The van der Waals surface area contributed by atoms with Gasteiger partial charge in [0.25, 0.3) is 15.9 Å². The molecular formula is C17H18N2O4S. The molecule has 0 saturated heterocycles. The molecule has 24 heavy (non-hydrogen) atoms. The van der Waals surface area contributed by atoms with E-state index in [9.17, 15) is 13.2 Å². The van der Waals surface area contributed by atoms with Gasteiger partial charge < -0.3 is 4.42 Å². The number of rotatable bonds is 4. The molecule has 1 aromatic carbocycles. The number of amides is 1. The molecule has 0 aliphatic heterocycles. The third-order valence-corrected chi connectivity index (χ3v) is 5.33. The quantitative estimate of drug-likeness (QED) is 0.832. The predicted octanol–water partition coefficient (Wildman–Crippen LogP) is 2.45.